The highest BCUT2D eigenvalue weighted by Crippen LogP contribution is 2.19. The van der Waals surface area contributed by atoms with Gasteiger partial charge in [-0.15, -0.1) is 0 Å². The molecule has 1 atom stereocenters. The number of anilines is 1. The molecule has 1 aromatic rings. The minimum absolute atomic E-state index is 0.0795. The van der Waals surface area contributed by atoms with E-state index in [0.29, 0.717) is 23.9 Å². The summed E-state index contributed by atoms with van der Waals surface area (Å²) in [5, 5.41) is 0. The summed E-state index contributed by atoms with van der Waals surface area (Å²) in [4.78, 5) is 0. The Bertz CT molecular complexity index is 542. The van der Waals surface area contributed by atoms with Crippen molar-refractivity contribution in [2.75, 3.05) is 37.9 Å². The Morgan fingerprint density at radius 1 is 1.38 bits per heavy atom. The van der Waals surface area contributed by atoms with E-state index in [4.69, 9.17) is 15.2 Å². The highest BCUT2D eigenvalue weighted by atomic mass is 32.2. The number of hydrogen-bond acceptors (Lipinski definition) is 5. The van der Waals surface area contributed by atoms with Gasteiger partial charge in [-0.2, -0.15) is 0 Å². The first-order chi connectivity index (χ1) is 10.1. The number of para-hydroxylation sites is 2. The van der Waals surface area contributed by atoms with E-state index in [2.05, 4.69) is 4.72 Å². The molecule has 0 amide bonds. The van der Waals surface area contributed by atoms with Crippen molar-refractivity contribution in [2.24, 2.45) is 5.92 Å². The smallest absolute Gasteiger partial charge is 0.214 e. The maximum Gasteiger partial charge on any atom is 0.214 e. The van der Waals surface area contributed by atoms with Crippen LogP contribution in [0.5, 0.6) is 5.75 Å². The summed E-state index contributed by atoms with van der Waals surface area (Å²) in [6.45, 7) is 2.04. The van der Waals surface area contributed by atoms with Crippen LogP contribution in [0.25, 0.3) is 0 Å². The van der Waals surface area contributed by atoms with E-state index < -0.39 is 10.0 Å². The molecule has 3 N–H and O–H groups in total. The van der Waals surface area contributed by atoms with Crippen LogP contribution in [-0.2, 0) is 14.8 Å². The molecule has 0 radical (unpaired) electrons. The SMILES string of the molecule is Nc1ccccc1OCCS(=O)(=O)NCCC1CCOC1. The van der Waals surface area contributed by atoms with E-state index in [1.165, 1.54) is 0 Å². The van der Waals surface area contributed by atoms with Crippen LogP contribution >= 0.6 is 0 Å². The first kappa shape index (κ1) is 16.1. The van der Waals surface area contributed by atoms with Crippen molar-refractivity contribution in [2.45, 2.75) is 12.8 Å². The molecule has 118 valence electrons. The fourth-order valence-corrected chi connectivity index (χ4v) is 3.05. The third-order valence-corrected chi connectivity index (χ3v) is 4.78. The quantitative estimate of drug-likeness (QED) is 0.698. The lowest BCUT2D eigenvalue weighted by Gasteiger charge is -2.11. The average molecular weight is 314 g/mol. The van der Waals surface area contributed by atoms with Crippen molar-refractivity contribution >= 4 is 15.7 Å². The van der Waals surface area contributed by atoms with Gasteiger partial charge in [0.05, 0.1) is 11.4 Å². The molecule has 0 saturated carbocycles. The van der Waals surface area contributed by atoms with Gasteiger partial charge in [-0.1, -0.05) is 12.1 Å². The van der Waals surface area contributed by atoms with Gasteiger partial charge in [-0.3, -0.25) is 0 Å². The highest BCUT2D eigenvalue weighted by Gasteiger charge is 2.17. The molecule has 0 aromatic heterocycles. The van der Waals surface area contributed by atoms with E-state index in [1.807, 2.05) is 0 Å². The van der Waals surface area contributed by atoms with Gasteiger partial charge in [0.25, 0.3) is 0 Å². The third-order valence-electron chi connectivity index (χ3n) is 3.43. The number of ether oxygens (including phenoxy) is 2. The third kappa shape index (κ3) is 5.53. The van der Waals surface area contributed by atoms with Crippen molar-refractivity contribution in [1.29, 1.82) is 0 Å². The molecule has 21 heavy (non-hydrogen) atoms. The molecule has 0 bridgehead atoms. The monoisotopic (exact) mass is 314 g/mol. The molecule has 0 aliphatic carbocycles. The number of hydrogen-bond donors (Lipinski definition) is 2. The molecule has 1 aliphatic heterocycles. The van der Waals surface area contributed by atoms with Crippen LogP contribution in [0.1, 0.15) is 12.8 Å². The zero-order valence-corrected chi connectivity index (χ0v) is 12.8. The van der Waals surface area contributed by atoms with Crippen molar-refractivity contribution in [3.63, 3.8) is 0 Å². The van der Waals surface area contributed by atoms with Crippen LogP contribution in [0.4, 0.5) is 5.69 Å². The highest BCUT2D eigenvalue weighted by molar-refractivity contribution is 7.89. The number of benzene rings is 1. The Labute approximate surface area is 125 Å². The largest absolute Gasteiger partial charge is 0.490 e. The standard InChI is InChI=1S/C14H22N2O4S/c15-13-3-1-2-4-14(13)20-9-10-21(17,18)16-7-5-12-6-8-19-11-12/h1-4,12,16H,5-11,15H2. The lowest BCUT2D eigenvalue weighted by atomic mass is 10.1. The van der Waals surface area contributed by atoms with Crippen molar-refractivity contribution < 1.29 is 17.9 Å². The molecule has 1 saturated heterocycles. The molecule has 7 heteroatoms. The van der Waals surface area contributed by atoms with E-state index >= 15 is 0 Å². The Hall–Kier alpha value is -1.31. The zero-order chi connectivity index (χ0) is 15.1. The predicted molar refractivity (Wildman–Crippen MR) is 81.7 cm³/mol. The van der Waals surface area contributed by atoms with E-state index in [9.17, 15) is 8.42 Å². The molecule has 1 aliphatic rings. The molecule has 1 fully saturated rings. The second kappa shape index (κ2) is 7.63. The number of nitrogens with two attached hydrogens (primary N) is 1. The number of rotatable bonds is 8. The van der Waals surface area contributed by atoms with Crippen LogP contribution < -0.4 is 15.2 Å². The fourth-order valence-electron chi connectivity index (χ4n) is 2.18. The lowest BCUT2D eigenvalue weighted by molar-refractivity contribution is 0.184. The van der Waals surface area contributed by atoms with Gasteiger partial charge in [0.2, 0.25) is 10.0 Å². The second-order valence-electron chi connectivity index (χ2n) is 5.12. The van der Waals surface area contributed by atoms with Crippen LogP contribution in [0.3, 0.4) is 0 Å². The molecular weight excluding hydrogens is 292 g/mol. The van der Waals surface area contributed by atoms with Gasteiger partial charge in [0, 0.05) is 19.8 Å². The van der Waals surface area contributed by atoms with Crippen molar-refractivity contribution in [3.8, 4) is 5.75 Å². The minimum atomic E-state index is -3.31. The van der Waals surface area contributed by atoms with Gasteiger partial charge in [0.15, 0.2) is 0 Å². The normalized spacial score (nSPS) is 18.8. The zero-order valence-electron chi connectivity index (χ0n) is 12.0. The van der Waals surface area contributed by atoms with Crippen LogP contribution in [0.2, 0.25) is 0 Å². The molecule has 0 spiro atoms. The van der Waals surface area contributed by atoms with Gasteiger partial charge in [-0.05, 0) is 30.9 Å². The molecule has 1 heterocycles. The first-order valence-electron chi connectivity index (χ1n) is 7.09. The summed E-state index contributed by atoms with van der Waals surface area (Å²) in [5.74, 6) is 0.895. The summed E-state index contributed by atoms with van der Waals surface area (Å²) >= 11 is 0. The molecule has 2 rings (SSSR count). The second-order valence-corrected chi connectivity index (χ2v) is 7.04. The lowest BCUT2D eigenvalue weighted by Crippen LogP contribution is -2.30. The topological polar surface area (TPSA) is 90.7 Å². The summed E-state index contributed by atoms with van der Waals surface area (Å²) in [5.41, 5.74) is 6.22. The van der Waals surface area contributed by atoms with E-state index in [0.717, 1.165) is 26.1 Å². The van der Waals surface area contributed by atoms with Crippen LogP contribution in [0.15, 0.2) is 24.3 Å². The predicted octanol–water partition coefficient (Wildman–Crippen LogP) is 0.994. The maximum absolute atomic E-state index is 11.8. The van der Waals surface area contributed by atoms with Gasteiger partial charge < -0.3 is 15.2 Å². The summed E-state index contributed by atoms with van der Waals surface area (Å²) in [6.07, 6.45) is 1.82. The number of nitrogens with one attached hydrogen (secondary N) is 1. The molecular formula is C14H22N2O4S. The molecule has 1 aromatic carbocycles. The summed E-state index contributed by atoms with van der Waals surface area (Å²) in [6, 6.07) is 7.02. The Morgan fingerprint density at radius 2 is 2.19 bits per heavy atom. The number of sulfonamides is 1. The molecule has 6 nitrogen and oxygen atoms in total. The van der Waals surface area contributed by atoms with Crippen LogP contribution in [-0.4, -0.2) is 40.5 Å². The van der Waals surface area contributed by atoms with Crippen molar-refractivity contribution in [1.82, 2.24) is 4.72 Å². The van der Waals surface area contributed by atoms with Gasteiger partial charge in [-0.25, -0.2) is 13.1 Å². The van der Waals surface area contributed by atoms with Gasteiger partial charge >= 0.3 is 0 Å². The maximum atomic E-state index is 11.8. The Kier molecular flexibility index (Phi) is 5.84. The first-order valence-corrected chi connectivity index (χ1v) is 8.74. The Morgan fingerprint density at radius 3 is 2.90 bits per heavy atom. The van der Waals surface area contributed by atoms with Crippen molar-refractivity contribution in [3.05, 3.63) is 24.3 Å². The van der Waals surface area contributed by atoms with Crippen LogP contribution in [0, 0.1) is 5.92 Å². The average Bonchev–Trinajstić information content (AvgIpc) is 2.94. The molecule has 1 unspecified atom stereocenters. The number of nitrogen functional groups attached to an aromatic ring is 1. The Balaban J connectivity index is 1.67. The summed E-state index contributed by atoms with van der Waals surface area (Å²) in [7, 11) is -3.31. The fraction of sp³-hybridized carbons (Fsp3) is 0.571. The van der Waals surface area contributed by atoms with E-state index in [-0.39, 0.29) is 12.4 Å². The van der Waals surface area contributed by atoms with E-state index in [1.54, 1.807) is 24.3 Å². The minimum Gasteiger partial charge on any atom is -0.490 e. The van der Waals surface area contributed by atoms with Gasteiger partial charge in [0.1, 0.15) is 12.4 Å². The summed E-state index contributed by atoms with van der Waals surface area (Å²) < 4.78 is 36.9.